The molecule has 0 fully saturated rings. The third-order valence-electron chi connectivity index (χ3n) is 25.3. The quantitative estimate of drug-likeness (QED) is 0.135. The second-order valence-corrected chi connectivity index (χ2v) is 37.1. The summed E-state index contributed by atoms with van der Waals surface area (Å²) in [4.78, 5) is 4.66. The fourth-order valence-electron chi connectivity index (χ4n) is 18.9. The van der Waals surface area contributed by atoms with Crippen molar-refractivity contribution in [3.63, 3.8) is 0 Å². The minimum atomic E-state index is 0.0288. The van der Waals surface area contributed by atoms with Gasteiger partial charge in [0.2, 0.25) is 0 Å². The topological polar surface area (TPSA) is 34.2 Å². The van der Waals surface area contributed by atoms with Crippen LogP contribution in [0.5, 0.6) is 34.5 Å². The number of hydrogen-bond acceptors (Lipinski definition) is 5. The Labute approximate surface area is 708 Å². The average molecular weight is 1550 g/mol. The van der Waals surface area contributed by atoms with E-state index in [1.807, 2.05) is 0 Å². The van der Waals surface area contributed by atoms with Crippen LogP contribution in [0.4, 0.5) is 34.1 Å². The molecular weight excluding hydrogens is 1450 g/mol. The van der Waals surface area contributed by atoms with E-state index >= 15 is 0 Å². The molecule has 0 unspecified atom stereocenters. The first kappa shape index (κ1) is 75.5. The summed E-state index contributed by atoms with van der Waals surface area (Å²) < 4.78 is 19.9. The number of fused-ring (bicyclic) bond motifs is 15. The third-order valence-corrected chi connectivity index (χ3v) is 25.3. The van der Waals surface area contributed by atoms with E-state index in [1.165, 1.54) is 138 Å². The zero-order chi connectivity index (χ0) is 82.1. The Kier molecular flexibility index (Phi) is 18.5. The SMILES string of the molecule is CC(C)(C)c1ccc(-c2ccc3c(c2)-c2cc(C(C)(C)C)cc4c2B3c2ccc(C(C)(C)C)cc2O4)cc1.CC(C)(C)c1ccc(-c2ccc3c(c2)Oc2cccc4c2B3c2ccc(N(c3ccccc3)c3ccccc3)cc2-4)cc1.c1ccc(-c2cc3c4c(c2)-c2cc(N(c5ccccc5)c5ccccc5)ccc2B4c2ccccc2O3)cc1. The molecule has 6 aliphatic rings. The Balaban J connectivity index is 0.000000115. The number of benzene rings is 16. The molecule has 120 heavy (non-hydrogen) atoms. The molecule has 0 saturated heterocycles. The second kappa shape index (κ2) is 29.4. The van der Waals surface area contributed by atoms with Crippen LogP contribution in [0.15, 0.2) is 358 Å². The molecule has 0 N–H and O–H groups in total. The highest BCUT2D eigenvalue weighted by Gasteiger charge is 2.45. The van der Waals surface area contributed by atoms with Gasteiger partial charge in [0.25, 0.3) is 20.1 Å². The molecule has 6 heterocycles. The molecule has 16 aromatic carbocycles. The van der Waals surface area contributed by atoms with Gasteiger partial charge in [-0.05, 0) is 265 Å². The maximum absolute atomic E-state index is 6.73. The predicted octanol–water partition coefficient (Wildman–Crippen LogP) is 24.0. The van der Waals surface area contributed by atoms with Crippen molar-refractivity contribution in [3.05, 3.63) is 380 Å². The molecule has 580 valence electrons. The smallest absolute Gasteiger partial charge is 0.252 e. The van der Waals surface area contributed by atoms with Crippen LogP contribution in [-0.2, 0) is 21.7 Å². The third kappa shape index (κ3) is 13.5. The summed E-state index contributed by atoms with van der Waals surface area (Å²) in [5, 5.41) is 0. The Hall–Kier alpha value is -13.3. The van der Waals surface area contributed by atoms with Crippen LogP contribution in [0.2, 0.25) is 0 Å². The van der Waals surface area contributed by atoms with Crippen molar-refractivity contribution >= 4 is 103 Å². The van der Waals surface area contributed by atoms with E-state index in [-0.39, 0.29) is 41.8 Å². The summed E-state index contributed by atoms with van der Waals surface area (Å²) in [5.41, 5.74) is 39.2. The van der Waals surface area contributed by atoms with Crippen molar-refractivity contribution < 1.29 is 14.2 Å². The summed E-state index contributed by atoms with van der Waals surface area (Å²) in [6.45, 7) is 27.7. The molecule has 0 saturated carbocycles. The molecule has 0 atom stereocenters. The molecule has 8 heteroatoms. The summed E-state index contributed by atoms with van der Waals surface area (Å²) >= 11 is 0. The fraction of sp³-hybridized carbons (Fsp3) is 0.143. The summed E-state index contributed by atoms with van der Waals surface area (Å²) in [6, 6.07) is 130. The molecular formula is C112H95B3N2O3. The lowest BCUT2D eigenvalue weighted by molar-refractivity contribution is 0.480. The first-order valence-corrected chi connectivity index (χ1v) is 42.4. The van der Waals surface area contributed by atoms with Crippen LogP contribution in [0.3, 0.4) is 0 Å². The average Bonchev–Trinajstić information content (AvgIpc) is 1.61. The van der Waals surface area contributed by atoms with Gasteiger partial charge < -0.3 is 24.0 Å². The number of rotatable bonds is 9. The van der Waals surface area contributed by atoms with Gasteiger partial charge in [0.1, 0.15) is 34.5 Å². The zero-order valence-corrected chi connectivity index (χ0v) is 70.4. The van der Waals surface area contributed by atoms with Gasteiger partial charge in [0, 0.05) is 34.1 Å². The van der Waals surface area contributed by atoms with Crippen molar-refractivity contribution in [1.29, 1.82) is 0 Å². The molecule has 0 bridgehead atoms. The highest BCUT2D eigenvalue weighted by atomic mass is 16.5. The van der Waals surface area contributed by atoms with Gasteiger partial charge in [-0.15, -0.1) is 0 Å². The highest BCUT2D eigenvalue weighted by Crippen LogP contribution is 2.46. The normalized spacial score (nSPS) is 13.0. The van der Waals surface area contributed by atoms with E-state index in [2.05, 4.69) is 451 Å². The lowest BCUT2D eigenvalue weighted by atomic mass is 9.37. The fourth-order valence-corrected chi connectivity index (χ4v) is 18.9. The van der Waals surface area contributed by atoms with Gasteiger partial charge in [-0.3, -0.25) is 0 Å². The molecule has 0 aliphatic carbocycles. The van der Waals surface area contributed by atoms with Crippen LogP contribution in [0, 0.1) is 0 Å². The van der Waals surface area contributed by atoms with E-state index in [0.717, 1.165) is 68.6 Å². The van der Waals surface area contributed by atoms with Gasteiger partial charge in [-0.2, -0.15) is 0 Å². The largest absolute Gasteiger partial charge is 0.458 e. The second-order valence-electron chi connectivity index (χ2n) is 37.1. The van der Waals surface area contributed by atoms with E-state index in [1.54, 1.807) is 0 Å². The van der Waals surface area contributed by atoms with Crippen LogP contribution in [-0.4, -0.2) is 20.1 Å². The molecule has 6 aliphatic heterocycles. The molecule has 22 rings (SSSR count). The Morgan fingerprint density at radius 3 is 1.02 bits per heavy atom. The maximum atomic E-state index is 6.73. The van der Waals surface area contributed by atoms with Crippen LogP contribution in [0.25, 0.3) is 66.8 Å². The van der Waals surface area contributed by atoms with Crippen LogP contribution < -0.4 is 73.2 Å². The van der Waals surface area contributed by atoms with Crippen molar-refractivity contribution in [2.75, 3.05) is 9.80 Å². The van der Waals surface area contributed by atoms with Crippen LogP contribution in [0.1, 0.15) is 105 Å². The molecule has 0 spiro atoms. The van der Waals surface area contributed by atoms with Gasteiger partial charge in [0.05, 0.1) is 0 Å². The van der Waals surface area contributed by atoms with E-state index in [9.17, 15) is 0 Å². The molecule has 0 amide bonds. The van der Waals surface area contributed by atoms with Crippen molar-refractivity contribution in [3.8, 4) is 101 Å². The van der Waals surface area contributed by atoms with Gasteiger partial charge in [-0.25, -0.2) is 0 Å². The summed E-state index contributed by atoms with van der Waals surface area (Å²) in [6.07, 6.45) is 0. The standard InChI is InChI=1S/C40H32BNO.C36H24BNO.C36H39BO/c1-40(2,3)29-20-17-27(18-21-29)28-19-23-36-38(25-28)43-37-16-10-15-33-34-26-32(22-24-35(34)41(36)39(33)37)42(30-11-6-4-7-12-30)31-13-8-5-9-14-31;1-4-12-25(13-5-1)26-22-31-30-24-29(38(27-14-6-2-7-15-27)28-16-8-3-9-17-28)20-21-32(30)37-33-18-10-11-19-34(33)39-35(23-26)36(31)37;1-34(2,3)24-13-10-22(11-14-24)23-12-16-29-27(18-23)28-19-26(36(7,8)9)21-32-33(28)37(29)30-17-15-25(35(4,5)6)20-31(30)38-32/h4-26H,1-3H3;1-24H;10-21H,1-9H3. The first-order valence-electron chi connectivity index (χ1n) is 42.4. The minimum Gasteiger partial charge on any atom is -0.458 e. The van der Waals surface area contributed by atoms with E-state index in [0.29, 0.717) is 0 Å². The maximum Gasteiger partial charge on any atom is 0.252 e. The van der Waals surface area contributed by atoms with Gasteiger partial charge >= 0.3 is 0 Å². The van der Waals surface area contributed by atoms with Gasteiger partial charge in [-0.1, -0.05) is 336 Å². The minimum absolute atomic E-state index is 0.0288. The van der Waals surface area contributed by atoms with Crippen molar-refractivity contribution in [2.24, 2.45) is 0 Å². The molecule has 16 aromatic rings. The molecule has 0 radical (unpaired) electrons. The van der Waals surface area contributed by atoms with Gasteiger partial charge in [0.15, 0.2) is 0 Å². The number of anilines is 6. The zero-order valence-electron chi connectivity index (χ0n) is 70.4. The monoisotopic (exact) mass is 1550 g/mol. The Morgan fingerprint density at radius 1 is 0.183 bits per heavy atom. The summed E-state index contributed by atoms with van der Waals surface area (Å²) in [5.74, 6) is 5.81. The van der Waals surface area contributed by atoms with Crippen molar-refractivity contribution in [1.82, 2.24) is 0 Å². The predicted molar refractivity (Wildman–Crippen MR) is 510 cm³/mol. The van der Waals surface area contributed by atoms with E-state index < -0.39 is 0 Å². The number of hydrogen-bond donors (Lipinski definition) is 0. The lowest BCUT2D eigenvalue weighted by Crippen LogP contribution is -2.52. The molecule has 5 nitrogen and oxygen atoms in total. The van der Waals surface area contributed by atoms with Crippen molar-refractivity contribution in [2.45, 2.75) is 105 Å². The van der Waals surface area contributed by atoms with Crippen LogP contribution >= 0.6 is 0 Å². The first-order chi connectivity index (χ1) is 58.0. The Morgan fingerprint density at radius 2 is 0.508 bits per heavy atom. The highest BCUT2D eigenvalue weighted by molar-refractivity contribution is 7.02. The number of nitrogens with zero attached hydrogens (tertiary/aromatic N) is 2. The summed E-state index contributed by atoms with van der Waals surface area (Å²) in [7, 11) is 0. The number of ether oxygens (including phenoxy) is 3. The molecule has 0 aromatic heterocycles. The lowest BCUT2D eigenvalue weighted by Gasteiger charge is -2.29. The Bertz CT molecular complexity index is 6580. The van der Waals surface area contributed by atoms with E-state index in [4.69, 9.17) is 14.2 Å². The number of para-hydroxylation sites is 5.